The largest absolute Gasteiger partial charge is 0.332 e. The van der Waals surface area contributed by atoms with E-state index in [1.165, 1.54) is 17.5 Å². The van der Waals surface area contributed by atoms with Crippen molar-refractivity contribution in [3.8, 4) is 0 Å². The van der Waals surface area contributed by atoms with Crippen molar-refractivity contribution in [3.63, 3.8) is 0 Å². The van der Waals surface area contributed by atoms with Gasteiger partial charge in [0.15, 0.2) is 0 Å². The standard InChI is InChI=1S/C17H31N3O2S/c1-11-14(16(2,3)4)13-9-12(19-23(8,21)22)10-20(13)15(18-11)17(5,6)7/h11-12,19H,9-10H2,1-8H3/t11-,12+/m0/s1. The van der Waals surface area contributed by atoms with E-state index in [1.54, 1.807) is 0 Å². The third kappa shape index (κ3) is 3.97. The van der Waals surface area contributed by atoms with Crippen molar-refractivity contribution in [2.24, 2.45) is 15.8 Å². The Balaban J connectivity index is 2.48. The molecule has 0 aromatic carbocycles. The van der Waals surface area contributed by atoms with Crippen LogP contribution in [0.2, 0.25) is 0 Å². The summed E-state index contributed by atoms with van der Waals surface area (Å²) in [5.74, 6) is 1.06. The quantitative estimate of drug-likeness (QED) is 0.840. The molecule has 5 nitrogen and oxygen atoms in total. The molecule has 0 aromatic rings. The van der Waals surface area contributed by atoms with Gasteiger partial charge >= 0.3 is 0 Å². The predicted octanol–water partition coefficient (Wildman–Crippen LogP) is 2.76. The van der Waals surface area contributed by atoms with Gasteiger partial charge in [-0.05, 0) is 17.9 Å². The molecule has 2 heterocycles. The van der Waals surface area contributed by atoms with Crippen LogP contribution < -0.4 is 4.72 Å². The van der Waals surface area contributed by atoms with Crippen LogP contribution in [0.15, 0.2) is 16.3 Å². The maximum Gasteiger partial charge on any atom is 0.209 e. The fourth-order valence-electron chi connectivity index (χ4n) is 3.81. The van der Waals surface area contributed by atoms with E-state index in [2.05, 4.69) is 58.1 Å². The average Bonchev–Trinajstić information content (AvgIpc) is 2.63. The lowest BCUT2D eigenvalue weighted by atomic mass is 9.79. The van der Waals surface area contributed by atoms with Gasteiger partial charge in [0.2, 0.25) is 10.0 Å². The van der Waals surface area contributed by atoms with Gasteiger partial charge in [-0.15, -0.1) is 0 Å². The maximum atomic E-state index is 11.6. The molecule has 2 aliphatic rings. The molecule has 0 bridgehead atoms. The first-order valence-corrected chi connectivity index (χ1v) is 10.2. The molecule has 0 unspecified atom stereocenters. The van der Waals surface area contributed by atoms with Crippen LogP contribution >= 0.6 is 0 Å². The van der Waals surface area contributed by atoms with Crippen LogP contribution in [0.5, 0.6) is 0 Å². The normalized spacial score (nSPS) is 26.4. The van der Waals surface area contributed by atoms with Crippen molar-refractivity contribution in [1.82, 2.24) is 9.62 Å². The number of fused-ring (bicyclic) bond motifs is 1. The molecular formula is C17H31N3O2S. The molecule has 6 heteroatoms. The highest BCUT2D eigenvalue weighted by molar-refractivity contribution is 7.88. The van der Waals surface area contributed by atoms with Gasteiger partial charge in [0.05, 0.1) is 12.3 Å². The van der Waals surface area contributed by atoms with E-state index in [4.69, 9.17) is 4.99 Å². The molecule has 0 radical (unpaired) electrons. The van der Waals surface area contributed by atoms with Gasteiger partial charge in [0, 0.05) is 30.1 Å². The van der Waals surface area contributed by atoms with Gasteiger partial charge < -0.3 is 4.90 Å². The lowest BCUT2D eigenvalue weighted by Gasteiger charge is -2.41. The Bertz CT molecular complexity index is 648. The second kappa shape index (κ2) is 5.59. The highest BCUT2D eigenvalue weighted by Gasteiger charge is 2.42. The van der Waals surface area contributed by atoms with Crippen LogP contribution in [-0.2, 0) is 10.0 Å². The summed E-state index contributed by atoms with van der Waals surface area (Å²) >= 11 is 0. The van der Waals surface area contributed by atoms with Gasteiger partial charge in [-0.1, -0.05) is 41.5 Å². The van der Waals surface area contributed by atoms with E-state index in [0.29, 0.717) is 6.54 Å². The summed E-state index contributed by atoms with van der Waals surface area (Å²) in [7, 11) is -3.21. The fourth-order valence-corrected chi connectivity index (χ4v) is 4.57. The van der Waals surface area contributed by atoms with Crippen LogP contribution in [0, 0.1) is 10.8 Å². The summed E-state index contributed by atoms with van der Waals surface area (Å²) in [6, 6.07) is 0.0441. The second-order valence-corrected chi connectivity index (χ2v) is 10.7. The van der Waals surface area contributed by atoms with Crippen molar-refractivity contribution in [1.29, 1.82) is 0 Å². The Kier molecular flexibility index (Phi) is 4.48. The predicted molar refractivity (Wildman–Crippen MR) is 95.9 cm³/mol. The van der Waals surface area contributed by atoms with E-state index >= 15 is 0 Å². The van der Waals surface area contributed by atoms with Crippen molar-refractivity contribution in [3.05, 3.63) is 11.3 Å². The van der Waals surface area contributed by atoms with Crippen LogP contribution in [0.4, 0.5) is 0 Å². The molecule has 2 aliphatic heterocycles. The smallest absolute Gasteiger partial charge is 0.209 e. The third-order valence-corrected chi connectivity index (χ3v) is 5.09. The Morgan fingerprint density at radius 1 is 1.13 bits per heavy atom. The molecule has 0 amide bonds. The number of nitrogens with zero attached hydrogens (tertiary/aromatic N) is 2. The second-order valence-electron chi connectivity index (χ2n) is 8.89. The molecule has 0 aliphatic carbocycles. The molecule has 2 atom stereocenters. The van der Waals surface area contributed by atoms with Crippen molar-refractivity contribution in [2.45, 2.75) is 67.0 Å². The number of sulfonamides is 1. The van der Waals surface area contributed by atoms with E-state index in [0.717, 1.165) is 12.3 Å². The average molecular weight is 342 g/mol. The molecule has 1 saturated heterocycles. The Hall–Kier alpha value is -0.880. The van der Waals surface area contributed by atoms with Gasteiger partial charge in [0.1, 0.15) is 5.84 Å². The zero-order valence-electron chi connectivity index (χ0n) is 15.7. The van der Waals surface area contributed by atoms with E-state index in [1.807, 2.05) is 0 Å². The minimum Gasteiger partial charge on any atom is -0.332 e. The fraction of sp³-hybridized carbons (Fsp3) is 0.824. The molecule has 1 N–H and O–H groups in total. The first kappa shape index (κ1) is 18.5. The van der Waals surface area contributed by atoms with E-state index in [9.17, 15) is 8.42 Å². The topological polar surface area (TPSA) is 61.8 Å². The van der Waals surface area contributed by atoms with Gasteiger partial charge in [0.25, 0.3) is 0 Å². The summed E-state index contributed by atoms with van der Waals surface area (Å²) < 4.78 is 26.1. The molecular weight excluding hydrogens is 310 g/mol. The van der Waals surface area contributed by atoms with E-state index < -0.39 is 10.0 Å². The number of nitrogens with one attached hydrogen (secondary N) is 1. The molecule has 132 valence electrons. The third-order valence-electron chi connectivity index (χ3n) is 4.33. The van der Waals surface area contributed by atoms with Crippen molar-refractivity contribution < 1.29 is 8.42 Å². The molecule has 2 rings (SSSR count). The van der Waals surface area contributed by atoms with Crippen molar-refractivity contribution >= 4 is 15.9 Å². The summed E-state index contributed by atoms with van der Waals surface area (Å²) in [5, 5.41) is 0. The zero-order valence-corrected chi connectivity index (χ0v) is 16.5. The van der Waals surface area contributed by atoms with Crippen LogP contribution in [-0.4, -0.2) is 44.0 Å². The number of hydrogen-bond acceptors (Lipinski definition) is 4. The Morgan fingerprint density at radius 3 is 2.13 bits per heavy atom. The zero-order chi connectivity index (χ0) is 17.8. The number of rotatable bonds is 2. The van der Waals surface area contributed by atoms with Crippen molar-refractivity contribution in [2.75, 3.05) is 12.8 Å². The summed E-state index contributed by atoms with van der Waals surface area (Å²) in [4.78, 5) is 7.24. The van der Waals surface area contributed by atoms with E-state index in [-0.39, 0.29) is 22.9 Å². The maximum absolute atomic E-state index is 11.6. The summed E-state index contributed by atoms with van der Waals surface area (Å²) in [5.41, 5.74) is 2.53. The SMILES string of the molecule is C[C@@H]1N=C(C(C)(C)C)N2C[C@H](NS(C)(=O)=O)CC2=C1C(C)(C)C. The lowest BCUT2D eigenvalue weighted by Crippen LogP contribution is -2.44. The molecule has 23 heavy (non-hydrogen) atoms. The highest BCUT2D eigenvalue weighted by Crippen LogP contribution is 2.42. The molecule has 0 aromatic heterocycles. The minimum atomic E-state index is -3.21. The van der Waals surface area contributed by atoms with Crippen LogP contribution in [0.25, 0.3) is 0 Å². The minimum absolute atomic E-state index is 0.0138. The van der Waals surface area contributed by atoms with Gasteiger partial charge in [-0.2, -0.15) is 0 Å². The number of amidine groups is 1. The first-order valence-electron chi connectivity index (χ1n) is 8.27. The van der Waals surface area contributed by atoms with Crippen LogP contribution in [0.3, 0.4) is 0 Å². The summed E-state index contributed by atoms with van der Waals surface area (Å²) in [6.07, 6.45) is 1.96. The number of hydrogen-bond donors (Lipinski definition) is 1. The highest BCUT2D eigenvalue weighted by atomic mass is 32.2. The Labute approximate surface area is 141 Å². The molecule has 1 fully saturated rings. The monoisotopic (exact) mass is 341 g/mol. The summed E-state index contributed by atoms with van der Waals surface area (Å²) in [6.45, 7) is 15.9. The number of aliphatic imine (C=N–C) groups is 1. The van der Waals surface area contributed by atoms with Gasteiger partial charge in [-0.3, -0.25) is 4.99 Å². The van der Waals surface area contributed by atoms with Crippen LogP contribution in [0.1, 0.15) is 54.9 Å². The Morgan fingerprint density at radius 2 is 1.70 bits per heavy atom. The molecule has 0 saturated carbocycles. The lowest BCUT2D eigenvalue weighted by molar-refractivity contribution is 0.393. The van der Waals surface area contributed by atoms with Gasteiger partial charge in [-0.25, -0.2) is 13.1 Å². The first-order chi connectivity index (χ1) is 10.2. The molecule has 0 spiro atoms.